The second kappa shape index (κ2) is 17.5. The molecule has 6 rings (SSSR count). The van der Waals surface area contributed by atoms with Crippen LogP contribution in [0.1, 0.15) is 74.1 Å². The normalized spacial score (nSPS) is 22.7. The number of H-pyrrole nitrogens is 4. The molecule has 4 aromatic rings. The summed E-state index contributed by atoms with van der Waals surface area (Å²) in [6.07, 6.45) is 25.0. The molecule has 224 valence electrons. The average Bonchev–Trinajstić information content (AvgIpc) is 3.83. The van der Waals surface area contributed by atoms with Crippen LogP contribution in [0.25, 0.3) is 0 Å². The van der Waals surface area contributed by atoms with Gasteiger partial charge in [-0.15, -0.1) is 0 Å². The number of hydrogen-bond acceptors (Lipinski definition) is 4. The van der Waals surface area contributed by atoms with E-state index in [2.05, 4.69) is 19.9 Å². The zero-order valence-electron chi connectivity index (χ0n) is 24.0. The molecule has 10 heteroatoms. The first-order valence-electron chi connectivity index (χ1n) is 14.5. The minimum absolute atomic E-state index is 0. The summed E-state index contributed by atoms with van der Waals surface area (Å²) >= 11 is 0. The molecule has 2 fully saturated rings. The third-order valence-electron chi connectivity index (χ3n) is 7.50. The molecular formula is C32H44N8O2. The Bertz CT molecular complexity index is 1110. The Balaban J connectivity index is 0.000000220. The highest BCUT2D eigenvalue weighted by Gasteiger charge is 2.24. The van der Waals surface area contributed by atoms with Crippen LogP contribution in [-0.2, 0) is 0 Å². The molecule has 4 aromatic heterocycles. The Morgan fingerprint density at radius 1 is 0.429 bits per heavy atom. The zero-order valence-corrected chi connectivity index (χ0v) is 24.0. The monoisotopic (exact) mass is 572 g/mol. The van der Waals surface area contributed by atoms with Gasteiger partial charge in [0.2, 0.25) is 0 Å². The van der Waals surface area contributed by atoms with Crippen LogP contribution in [0.15, 0.2) is 93.3 Å². The van der Waals surface area contributed by atoms with Crippen molar-refractivity contribution in [2.75, 3.05) is 0 Å². The highest BCUT2D eigenvalue weighted by atomic mass is 16.0. The molecule has 10 nitrogen and oxygen atoms in total. The lowest BCUT2D eigenvalue weighted by Crippen LogP contribution is -2.27. The molecule has 42 heavy (non-hydrogen) atoms. The van der Waals surface area contributed by atoms with Crippen molar-refractivity contribution in [1.82, 2.24) is 19.9 Å². The fourth-order valence-corrected chi connectivity index (χ4v) is 5.28. The summed E-state index contributed by atoms with van der Waals surface area (Å²) in [7, 11) is 0. The lowest BCUT2D eigenvalue weighted by atomic mass is 9.91. The molecule has 0 aromatic carbocycles. The smallest absolute Gasteiger partial charge is 0.0723 e. The maximum Gasteiger partial charge on any atom is 0.0723 e. The summed E-state index contributed by atoms with van der Waals surface area (Å²) in [5.74, 6) is 0. The Morgan fingerprint density at radius 3 is 0.857 bits per heavy atom. The van der Waals surface area contributed by atoms with Gasteiger partial charge < -0.3 is 30.9 Å². The van der Waals surface area contributed by atoms with Crippen molar-refractivity contribution in [3.8, 4) is 0 Å². The van der Waals surface area contributed by atoms with E-state index < -0.39 is 0 Å². The van der Waals surface area contributed by atoms with Gasteiger partial charge in [0, 0.05) is 49.6 Å². The minimum Gasteiger partial charge on any atom is -0.412 e. The third kappa shape index (κ3) is 9.97. The molecule has 0 aliphatic heterocycles. The molecule has 0 saturated heterocycles. The molecule has 4 atom stereocenters. The van der Waals surface area contributed by atoms with Gasteiger partial charge in [-0.1, -0.05) is 25.7 Å². The van der Waals surface area contributed by atoms with Crippen LogP contribution in [0.2, 0.25) is 0 Å². The van der Waals surface area contributed by atoms with Crippen LogP contribution in [0, 0.1) is 0 Å². The van der Waals surface area contributed by atoms with Gasteiger partial charge in [-0.3, -0.25) is 20.0 Å². The zero-order chi connectivity index (χ0) is 27.2. The predicted molar refractivity (Wildman–Crippen MR) is 173 cm³/mol. The third-order valence-corrected chi connectivity index (χ3v) is 7.50. The van der Waals surface area contributed by atoms with E-state index in [0.717, 1.165) is 48.5 Å². The number of aliphatic imine (C=N–C) groups is 4. The second-order valence-electron chi connectivity index (χ2n) is 10.5. The molecule has 2 saturated carbocycles. The molecule has 4 heterocycles. The first-order valence-corrected chi connectivity index (χ1v) is 14.5. The fourth-order valence-electron chi connectivity index (χ4n) is 5.28. The van der Waals surface area contributed by atoms with Gasteiger partial charge in [0.25, 0.3) is 0 Å². The summed E-state index contributed by atoms with van der Waals surface area (Å²) in [5.41, 5.74) is 4.23. The van der Waals surface area contributed by atoms with Crippen LogP contribution in [0.5, 0.6) is 0 Å². The lowest BCUT2D eigenvalue weighted by Gasteiger charge is -2.25. The number of nitrogens with zero attached hydrogens (tertiary/aromatic N) is 4. The number of nitrogens with one attached hydrogen (secondary N) is 4. The van der Waals surface area contributed by atoms with E-state index in [1.165, 1.54) is 25.7 Å². The van der Waals surface area contributed by atoms with E-state index in [0.29, 0.717) is 24.2 Å². The minimum atomic E-state index is 0. The van der Waals surface area contributed by atoms with Crippen molar-refractivity contribution in [3.63, 3.8) is 0 Å². The topological polar surface area (TPSA) is 176 Å². The number of hydrogen-bond donors (Lipinski definition) is 4. The molecule has 2 aliphatic rings. The molecule has 0 radical (unpaired) electrons. The summed E-state index contributed by atoms with van der Waals surface area (Å²) in [4.78, 5) is 31.5. The van der Waals surface area contributed by atoms with E-state index >= 15 is 0 Å². The molecule has 8 N–H and O–H groups in total. The van der Waals surface area contributed by atoms with E-state index in [-0.39, 0.29) is 11.0 Å². The highest BCUT2D eigenvalue weighted by Crippen LogP contribution is 2.25. The van der Waals surface area contributed by atoms with Gasteiger partial charge >= 0.3 is 0 Å². The summed E-state index contributed by atoms with van der Waals surface area (Å²) < 4.78 is 0. The van der Waals surface area contributed by atoms with Crippen molar-refractivity contribution in [2.24, 2.45) is 20.0 Å². The fraction of sp³-hybridized carbons (Fsp3) is 0.375. The molecule has 0 amide bonds. The molecule has 0 unspecified atom stereocenters. The van der Waals surface area contributed by atoms with Crippen LogP contribution < -0.4 is 0 Å². The van der Waals surface area contributed by atoms with Crippen LogP contribution in [0.4, 0.5) is 0 Å². The van der Waals surface area contributed by atoms with Crippen molar-refractivity contribution in [3.05, 3.63) is 96.1 Å². The van der Waals surface area contributed by atoms with Crippen LogP contribution >= 0.6 is 0 Å². The van der Waals surface area contributed by atoms with Crippen molar-refractivity contribution in [1.29, 1.82) is 0 Å². The van der Waals surface area contributed by atoms with E-state index in [4.69, 9.17) is 20.0 Å². The van der Waals surface area contributed by atoms with Crippen LogP contribution in [0.3, 0.4) is 0 Å². The summed E-state index contributed by atoms with van der Waals surface area (Å²) in [5, 5.41) is 0. The van der Waals surface area contributed by atoms with Gasteiger partial charge in [0.15, 0.2) is 0 Å². The Kier molecular flexibility index (Phi) is 13.4. The SMILES string of the molecule is C(=N[C@H]1CCCC[C@H]1N=Cc1ccc[nH]1)c1ccc[nH]1.C(=N[C@H]1CCCC[C@H]1N=Cc1ccc[nH]1)c1ccc[nH]1.O.O. The van der Waals surface area contributed by atoms with Gasteiger partial charge in [0.05, 0.1) is 46.9 Å². The van der Waals surface area contributed by atoms with E-state index in [1.807, 2.05) is 98.2 Å². The highest BCUT2D eigenvalue weighted by molar-refractivity contribution is 5.79. The first-order chi connectivity index (χ1) is 19.8. The van der Waals surface area contributed by atoms with Crippen molar-refractivity contribution < 1.29 is 11.0 Å². The van der Waals surface area contributed by atoms with Gasteiger partial charge in [0.1, 0.15) is 0 Å². The molecular weight excluding hydrogens is 528 g/mol. The molecule has 0 spiro atoms. The number of aromatic amines is 4. The van der Waals surface area contributed by atoms with Gasteiger partial charge in [-0.2, -0.15) is 0 Å². The van der Waals surface area contributed by atoms with E-state index in [1.54, 1.807) is 0 Å². The Morgan fingerprint density at radius 2 is 0.667 bits per heavy atom. The standard InChI is InChI=1S/2C16H20N4.2H2O/c2*1-2-8-16(20-12-14-6-4-10-18-14)15(7-1)19-11-13-5-3-9-17-13;;/h2*3-6,9-12,15-18H,1-2,7-8H2;2*1H2/t2*15-,16+;;. The van der Waals surface area contributed by atoms with Crippen molar-refractivity contribution in [2.45, 2.75) is 75.5 Å². The molecule has 2 aliphatic carbocycles. The lowest BCUT2D eigenvalue weighted by molar-refractivity contribution is 0.390. The molecule has 0 bridgehead atoms. The quantitative estimate of drug-likeness (QED) is 0.214. The summed E-state index contributed by atoms with van der Waals surface area (Å²) in [6, 6.07) is 17.3. The Labute approximate surface area is 247 Å². The maximum atomic E-state index is 4.73. The maximum absolute atomic E-state index is 4.73. The summed E-state index contributed by atoms with van der Waals surface area (Å²) in [6.45, 7) is 0. The van der Waals surface area contributed by atoms with Crippen molar-refractivity contribution >= 4 is 24.9 Å². The second-order valence-corrected chi connectivity index (χ2v) is 10.5. The van der Waals surface area contributed by atoms with Gasteiger partial charge in [-0.25, -0.2) is 0 Å². The number of rotatable bonds is 8. The number of aromatic nitrogens is 4. The van der Waals surface area contributed by atoms with Gasteiger partial charge in [-0.05, 0) is 74.2 Å². The predicted octanol–water partition coefficient (Wildman–Crippen LogP) is 4.73. The largest absolute Gasteiger partial charge is 0.412 e. The Hall–Kier alpha value is -4.28. The van der Waals surface area contributed by atoms with Crippen LogP contribution in [-0.4, -0.2) is 79.9 Å². The average molecular weight is 573 g/mol. The first kappa shape index (κ1) is 32.2. The van der Waals surface area contributed by atoms with E-state index in [9.17, 15) is 0 Å².